The molecular weight excluding hydrogens is 314 g/mol. The summed E-state index contributed by atoms with van der Waals surface area (Å²) in [7, 11) is 0. The third-order valence-electron chi connectivity index (χ3n) is 4.92. The largest absolute Gasteiger partial charge is 0.361 e. The zero-order valence-electron chi connectivity index (χ0n) is 16.8. The lowest BCUT2D eigenvalue weighted by atomic mass is 9.89. The van der Waals surface area contributed by atoms with Gasteiger partial charge in [-0.3, -0.25) is 0 Å². The van der Waals surface area contributed by atoms with E-state index in [1.165, 1.54) is 53.5 Å². The summed E-state index contributed by atoms with van der Waals surface area (Å²) < 4.78 is 0. The van der Waals surface area contributed by atoms with E-state index in [0.717, 1.165) is 5.70 Å². The van der Waals surface area contributed by atoms with Crippen molar-refractivity contribution in [2.45, 2.75) is 59.3 Å². The molecule has 0 saturated heterocycles. The molecule has 1 N–H and O–H groups in total. The Labute approximate surface area is 159 Å². The van der Waals surface area contributed by atoms with Crippen LogP contribution in [0.5, 0.6) is 0 Å². The van der Waals surface area contributed by atoms with Crippen molar-refractivity contribution in [2.75, 3.05) is 0 Å². The molecular formula is C25H33N. The standard InChI is InChI=1S/C25H33N/c1-6-10-22(11-7-2)25-15-9-14-24(17-25)21(5)26-18-20(4)23-13-8-12-19(3)16-23/h8-9,12-18,22,26H,5-7,10-11H2,1-4H3/b20-18+. The summed E-state index contributed by atoms with van der Waals surface area (Å²) in [6.07, 6.45) is 7.02. The third kappa shape index (κ3) is 5.62. The maximum Gasteiger partial charge on any atom is 0.0380 e. The molecule has 138 valence electrons. The Morgan fingerprint density at radius 3 is 2.31 bits per heavy atom. The summed E-state index contributed by atoms with van der Waals surface area (Å²) in [5.74, 6) is 0.655. The molecule has 0 saturated carbocycles. The van der Waals surface area contributed by atoms with Gasteiger partial charge >= 0.3 is 0 Å². The van der Waals surface area contributed by atoms with Crippen LogP contribution >= 0.6 is 0 Å². The number of allylic oxidation sites excluding steroid dienone is 1. The van der Waals surface area contributed by atoms with Crippen LogP contribution in [-0.4, -0.2) is 0 Å². The zero-order chi connectivity index (χ0) is 18.9. The fraction of sp³-hybridized carbons (Fsp3) is 0.360. The van der Waals surface area contributed by atoms with E-state index in [1.807, 2.05) is 0 Å². The molecule has 2 rings (SSSR count). The molecule has 0 aliphatic heterocycles. The van der Waals surface area contributed by atoms with Crippen molar-refractivity contribution in [3.05, 3.63) is 83.6 Å². The van der Waals surface area contributed by atoms with Crippen molar-refractivity contribution in [1.82, 2.24) is 5.32 Å². The summed E-state index contributed by atoms with van der Waals surface area (Å²) >= 11 is 0. The minimum atomic E-state index is 0.655. The Hall–Kier alpha value is -2.28. The van der Waals surface area contributed by atoms with Crippen LogP contribution in [0.1, 0.15) is 74.6 Å². The van der Waals surface area contributed by atoms with Gasteiger partial charge in [0.15, 0.2) is 0 Å². The first-order valence-electron chi connectivity index (χ1n) is 9.84. The lowest BCUT2D eigenvalue weighted by molar-refractivity contribution is 0.561. The molecule has 0 heterocycles. The average molecular weight is 348 g/mol. The molecule has 1 heteroatoms. The van der Waals surface area contributed by atoms with Crippen LogP contribution in [-0.2, 0) is 0 Å². The quantitative estimate of drug-likeness (QED) is 0.502. The Morgan fingerprint density at radius 2 is 1.65 bits per heavy atom. The molecule has 1 nitrogen and oxygen atoms in total. The van der Waals surface area contributed by atoms with Crippen molar-refractivity contribution < 1.29 is 0 Å². The van der Waals surface area contributed by atoms with Gasteiger partial charge in [0.05, 0.1) is 0 Å². The summed E-state index contributed by atoms with van der Waals surface area (Å²) in [5, 5.41) is 3.39. The summed E-state index contributed by atoms with van der Waals surface area (Å²) in [6.45, 7) is 13.0. The number of hydrogen-bond donors (Lipinski definition) is 1. The van der Waals surface area contributed by atoms with Crippen molar-refractivity contribution in [3.8, 4) is 0 Å². The van der Waals surface area contributed by atoms with E-state index >= 15 is 0 Å². The van der Waals surface area contributed by atoms with Gasteiger partial charge < -0.3 is 5.32 Å². The van der Waals surface area contributed by atoms with Gasteiger partial charge in [0.1, 0.15) is 0 Å². The van der Waals surface area contributed by atoms with Crippen LogP contribution in [0, 0.1) is 6.92 Å². The number of nitrogens with one attached hydrogen (secondary N) is 1. The van der Waals surface area contributed by atoms with Crippen molar-refractivity contribution >= 4 is 11.3 Å². The van der Waals surface area contributed by atoms with Crippen molar-refractivity contribution in [3.63, 3.8) is 0 Å². The van der Waals surface area contributed by atoms with Gasteiger partial charge in [0.2, 0.25) is 0 Å². The molecule has 0 amide bonds. The van der Waals surface area contributed by atoms with Gasteiger partial charge in [0.25, 0.3) is 0 Å². The van der Waals surface area contributed by atoms with Gasteiger partial charge in [-0.2, -0.15) is 0 Å². The van der Waals surface area contributed by atoms with Gasteiger partial charge in [-0.25, -0.2) is 0 Å². The van der Waals surface area contributed by atoms with Gasteiger partial charge in [-0.05, 0) is 60.9 Å². The van der Waals surface area contributed by atoms with Crippen LogP contribution in [0.15, 0.2) is 61.3 Å². The molecule has 0 aromatic heterocycles. The SMILES string of the molecule is C=C(N/C=C(\C)c1cccc(C)c1)c1cccc(C(CCC)CCC)c1. The van der Waals surface area contributed by atoms with Gasteiger partial charge in [-0.1, -0.05) is 81.3 Å². The van der Waals surface area contributed by atoms with E-state index in [9.17, 15) is 0 Å². The maximum absolute atomic E-state index is 4.24. The highest BCUT2D eigenvalue weighted by molar-refractivity contribution is 5.68. The Kier molecular flexibility index (Phi) is 7.72. The van der Waals surface area contributed by atoms with Gasteiger partial charge in [0, 0.05) is 11.9 Å². The minimum absolute atomic E-state index is 0.655. The second-order valence-corrected chi connectivity index (χ2v) is 7.22. The van der Waals surface area contributed by atoms with Gasteiger partial charge in [-0.15, -0.1) is 0 Å². The lowest BCUT2D eigenvalue weighted by Gasteiger charge is -2.17. The first-order valence-corrected chi connectivity index (χ1v) is 9.84. The van der Waals surface area contributed by atoms with E-state index in [4.69, 9.17) is 0 Å². The van der Waals surface area contributed by atoms with Crippen LogP contribution in [0.3, 0.4) is 0 Å². The first kappa shape index (κ1) is 20.0. The van der Waals surface area contributed by atoms with E-state index < -0.39 is 0 Å². The Morgan fingerprint density at radius 1 is 1.00 bits per heavy atom. The molecule has 0 radical (unpaired) electrons. The second kappa shape index (κ2) is 10.0. The number of rotatable bonds is 9. The molecule has 26 heavy (non-hydrogen) atoms. The molecule has 0 aliphatic carbocycles. The molecule has 2 aromatic rings. The number of hydrogen-bond acceptors (Lipinski definition) is 1. The number of benzene rings is 2. The molecule has 0 unspecified atom stereocenters. The molecule has 0 atom stereocenters. The number of aryl methyl sites for hydroxylation is 1. The average Bonchev–Trinajstić information content (AvgIpc) is 2.65. The summed E-state index contributed by atoms with van der Waals surface area (Å²) in [4.78, 5) is 0. The fourth-order valence-corrected chi connectivity index (χ4v) is 3.41. The van der Waals surface area contributed by atoms with Crippen LogP contribution < -0.4 is 5.32 Å². The van der Waals surface area contributed by atoms with Crippen molar-refractivity contribution in [1.29, 1.82) is 0 Å². The molecule has 2 aromatic carbocycles. The highest BCUT2D eigenvalue weighted by Crippen LogP contribution is 2.28. The highest BCUT2D eigenvalue weighted by atomic mass is 14.8. The Balaban J connectivity index is 2.12. The lowest BCUT2D eigenvalue weighted by Crippen LogP contribution is -2.05. The maximum atomic E-state index is 4.24. The predicted molar refractivity (Wildman–Crippen MR) is 116 cm³/mol. The predicted octanol–water partition coefficient (Wildman–Crippen LogP) is 7.30. The molecule has 0 bridgehead atoms. The molecule has 0 spiro atoms. The van der Waals surface area contributed by atoms with E-state index in [-0.39, 0.29) is 0 Å². The second-order valence-electron chi connectivity index (χ2n) is 7.22. The molecule has 0 aliphatic rings. The minimum Gasteiger partial charge on any atom is -0.361 e. The summed E-state index contributed by atoms with van der Waals surface area (Å²) in [5.41, 5.74) is 7.29. The van der Waals surface area contributed by atoms with E-state index in [1.54, 1.807) is 0 Å². The zero-order valence-corrected chi connectivity index (χ0v) is 16.8. The monoisotopic (exact) mass is 347 g/mol. The normalized spacial score (nSPS) is 11.7. The van der Waals surface area contributed by atoms with Crippen LogP contribution in [0.4, 0.5) is 0 Å². The topological polar surface area (TPSA) is 12.0 Å². The first-order chi connectivity index (χ1) is 12.5. The van der Waals surface area contributed by atoms with E-state index in [0.29, 0.717) is 5.92 Å². The summed E-state index contributed by atoms with van der Waals surface area (Å²) in [6, 6.07) is 17.4. The van der Waals surface area contributed by atoms with E-state index in [2.05, 4.69) is 94.3 Å². The van der Waals surface area contributed by atoms with Crippen LogP contribution in [0.2, 0.25) is 0 Å². The Bertz CT molecular complexity index is 748. The highest BCUT2D eigenvalue weighted by Gasteiger charge is 2.10. The smallest absolute Gasteiger partial charge is 0.0380 e. The van der Waals surface area contributed by atoms with Crippen LogP contribution in [0.25, 0.3) is 11.3 Å². The van der Waals surface area contributed by atoms with Crippen molar-refractivity contribution in [2.24, 2.45) is 0 Å². The fourth-order valence-electron chi connectivity index (χ4n) is 3.41. The molecule has 0 fully saturated rings. The third-order valence-corrected chi connectivity index (χ3v) is 4.92.